The van der Waals surface area contributed by atoms with Crippen LogP contribution in [0.5, 0.6) is 0 Å². The van der Waals surface area contributed by atoms with Crippen LogP contribution in [-0.2, 0) is 4.79 Å². The predicted octanol–water partition coefficient (Wildman–Crippen LogP) is 4.00. The number of hydrogen-bond acceptors (Lipinski definition) is 1. The second kappa shape index (κ2) is 4.22. The fourth-order valence-corrected chi connectivity index (χ4v) is 3.39. The van der Waals surface area contributed by atoms with E-state index in [-0.39, 0.29) is 17.4 Å². The van der Waals surface area contributed by atoms with E-state index >= 15 is 0 Å². The molecule has 0 heterocycles. The molecule has 0 bridgehead atoms. The quantitative estimate of drug-likeness (QED) is 0.790. The lowest BCUT2D eigenvalue weighted by atomic mass is 9.66. The highest BCUT2D eigenvalue weighted by atomic mass is 19.4. The molecule has 2 unspecified atom stereocenters. The van der Waals surface area contributed by atoms with Crippen LogP contribution in [0.25, 0.3) is 5.57 Å². The molecule has 0 spiro atoms. The zero-order chi connectivity index (χ0) is 13.6. The Balaban J connectivity index is 2.07. The highest BCUT2D eigenvalue weighted by molar-refractivity contribution is 6.09. The van der Waals surface area contributed by atoms with Gasteiger partial charge in [0.2, 0.25) is 0 Å². The van der Waals surface area contributed by atoms with Crippen molar-refractivity contribution in [3.63, 3.8) is 0 Å². The smallest absolute Gasteiger partial charge is 0.284 e. The molecular weight excluding hydrogens is 253 g/mol. The van der Waals surface area contributed by atoms with E-state index in [2.05, 4.69) is 0 Å². The second-order valence-corrected chi connectivity index (χ2v) is 5.16. The average Bonchev–Trinajstić information content (AvgIpc) is 2.73. The molecule has 0 aliphatic heterocycles. The summed E-state index contributed by atoms with van der Waals surface area (Å²) in [6, 6.07) is 8.97. The van der Waals surface area contributed by atoms with E-state index < -0.39 is 12.0 Å². The van der Waals surface area contributed by atoms with Crippen molar-refractivity contribution in [2.45, 2.75) is 25.4 Å². The van der Waals surface area contributed by atoms with Gasteiger partial charge in [0.25, 0.3) is 5.78 Å². The number of benzene rings is 1. The number of halogens is 3. The van der Waals surface area contributed by atoms with Gasteiger partial charge < -0.3 is 0 Å². The molecule has 4 heteroatoms. The maximum absolute atomic E-state index is 12.7. The molecule has 3 rings (SSSR count). The number of ketones is 1. The fourth-order valence-electron chi connectivity index (χ4n) is 3.39. The summed E-state index contributed by atoms with van der Waals surface area (Å²) in [6.45, 7) is 0. The maximum atomic E-state index is 12.7. The number of fused-ring (bicyclic) bond motifs is 1. The van der Waals surface area contributed by atoms with E-state index in [9.17, 15) is 18.0 Å². The summed E-state index contributed by atoms with van der Waals surface area (Å²) in [7, 11) is 0. The van der Waals surface area contributed by atoms with Gasteiger partial charge in [-0.3, -0.25) is 4.79 Å². The lowest BCUT2D eigenvalue weighted by Gasteiger charge is -2.37. The standard InChI is InChI=1S/C15H13F3O/c16-15(17,18)14(19)13-11-8-4-7-10(11)12(13)9-5-2-1-3-6-9/h1-3,5-6,10-11H,4,7-8H2. The molecule has 2 aliphatic rings. The molecule has 0 saturated heterocycles. The molecule has 100 valence electrons. The first-order chi connectivity index (χ1) is 9.00. The van der Waals surface area contributed by atoms with Crippen molar-refractivity contribution >= 4 is 11.4 Å². The molecule has 1 aromatic carbocycles. The van der Waals surface area contributed by atoms with Gasteiger partial charge in [0.1, 0.15) is 0 Å². The highest BCUT2D eigenvalue weighted by Crippen LogP contribution is 2.56. The zero-order valence-electron chi connectivity index (χ0n) is 10.2. The van der Waals surface area contributed by atoms with Gasteiger partial charge in [0.05, 0.1) is 0 Å². The first kappa shape index (κ1) is 12.5. The summed E-state index contributed by atoms with van der Waals surface area (Å²) in [5.74, 6) is -1.68. The molecule has 1 aromatic rings. The van der Waals surface area contributed by atoms with E-state index in [1.165, 1.54) is 0 Å². The fraction of sp³-hybridized carbons (Fsp3) is 0.400. The number of rotatable bonds is 2. The minimum absolute atomic E-state index is 0.0150. The van der Waals surface area contributed by atoms with Crippen molar-refractivity contribution in [3.8, 4) is 0 Å². The lowest BCUT2D eigenvalue weighted by molar-refractivity contribution is -0.167. The number of allylic oxidation sites excluding steroid dienone is 2. The number of carbonyl (C=O) groups is 1. The Kier molecular flexibility index (Phi) is 2.77. The van der Waals surface area contributed by atoms with Gasteiger partial charge in [-0.2, -0.15) is 13.2 Å². The van der Waals surface area contributed by atoms with E-state index in [0.717, 1.165) is 18.4 Å². The second-order valence-electron chi connectivity index (χ2n) is 5.16. The highest BCUT2D eigenvalue weighted by Gasteiger charge is 2.53. The Labute approximate surface area is 109 Å². The van der Waals surface area contributed by atoms with Crippen LogP contribution >= 0.6 is 0 Å². The molecule has 1 fully saturated rings. The Morgan fingerprint density at radius 1 is 1.05 bits per heavy atom. The van der Waals surface area contributed by atoms with Crippen LogP contribution in [-0.4, -0.2) is 12.0 Å². The summed E-state index contributed by atoms with van der Waals surface area (Å²) in [4.78, 5) is 11.6. The summed E-state index contributed by atoms with van der Waals surface area (Å²) in [5.41, 5.74) is 1.41. The maximum Gasteiger partial charge on any atom is 0.454 e. The third-order valence-corrected chi connectivity index (χ3v) is 4.13. The van der Waals surface area contributed by atoms with E-state index in [1.807, 2.05) is 6.07 Å². The van der Waals surface area contributed by atoms with E-state index in [1.54, 1.807) is 24.3 Å². The Morgan fingerprint density at radius 2 is 1.68 bits per heavy atom. The minimum Gasteiger partial charge on any atom is -0.284 e. The van der Waals surface area contributed by atoms with E-state index in [4.69, 9.17) is 0 Å². The largest absolute Gasteiger partial charge is 0.454 e. The normalized spacial score (nSPS) is 26.1. The average molecular weight is 266 g/mol. The molecule has 1 saturated carbocycles. The zero-order valence-corrected chi connectivity index (χ0v) is 10.2. The van der Waals surface area contributed by atoms with Gasteiger partial charge in [-0.05, 0) is 35.8 Å². The summed E-state index contributed by atoms with van der Waals surface area (Å²) >= 11 is 0. The number of Topliss-reactive ketones (excluding diaryl/α,β-unsaturated/α-hetero) is 1. The van der Waals surface area contributed by atoms with Crippen LogP contribution in [0.3, 0.4) is 0 Å². The Bertz CT molecular complexity index is 542. The number of alkyl halides is 3. The monoisotopic (exact) mass is 266 g/mol. The number of hydrogen-bond donors (Lipinski definition) is 0. The van der Waals surface area contributed by atoms with Gasteiger partial charge >= 0.3 is 6.18 Å². The molecule has 2 aliphatic carbocycles. The molecule has 0 amide bonds. The Hall–Kier alpha value is -1.58. The third-order valence-electron chi connectivity index (χ3n) is 4.13. The first-order valence-electron chi connectivity index (χ1n) is 6.41. The third kappa shape index (κ3) is 1.90. The van der Waals surface area contributed by atoms with Crippen LogP contribution in [0.2, 0.25) is 0 Å². The van der Waals surface area contributed by atoms with Crippen molar-refractivity contribution < 1.29 is 18.0 Å². The Morgan fingerprint density at radius 3 is 2.32 bits per heavy atom. The van der Waals surface area contributed by atoms with Crippen molar-refractivity contribution in [3.05, 3.63) is 41.5 Å². The van der Waals surface area contributed by atoms with Gasteiger partial charge in [-0.25, -0.2) is 0 Å². The van der Waals surface area contributed by atoms with Crippen LogP contribution in [0.4, 0.5) is 13.2 Å². The SMILES string of the molecule is O=C(C1=C(c2ccccc2)C2CCCC12)C(F)(F)F. The lowest BCUT2D eigenvalue weighted by Crippen LogP contribution is -2.37. The van der Waals surface area contributed by atoms with Crippen LogP contribution < -0.4 is 0 Å². The molecule has 0 aromatic heterocycles. The summed E-state index contributed by atoms with van der Waals surface area (Å²) in [6.07, 6.45) is -2.26. The van der Waals surface area contributed by atoms with Gasteiger partial charge in [-0.15, -0.1) is 0 Å². The van der Waals surface area contributed by atoms with Gasteiger partial charge in [0, 0.05) is 5.57 Å². The minimum atomic E-state index is -4.76. The van der Waals surface area contributed by atoms with Crippen molar-refractivity contribution in [1.82, 2.24) is 0 Å². The van der Waals surface area contributed by atoms with Crippen molar-refractivity contribution in [2.24, 2.45) is 11.8 Å². The molecule has 19 heavy (non-hydrogen) atoms. The molecule has 0 N–H and O–H groups in total. The van der Waals surface area contributed by atoms with Crippen LogP contribution in [0.1, 0.15) is 24.8 Å². The van der Waals surface area contributed by atoms with Crippen LogP contribution in [0.15, 0.2) is 35.9 Å². The van der Waals surface area contributed by atoms with Gasteiger partial charge in [-0.1, -0.05) is 36.8 Å². The predicted molar refractivity (Wildman–Crippen MR) is 65.3 cm³/mol. The van der Waals surface area contributed by atoms with Crippen molar-refractivity contribution in [1.29, 1.82) is 0 Å². The summed E-state index contributed by atoms with van der Waals surface area (Å²) in [5, 5.41) is 0. The molecule has 0 radical (unpaired) electrons. The van der Waals surface area contributed by atoms with Gasteiger partial charge in [0.15, 0.2) is 0 Å². The number of carbonyl (C=O) groups excluding carboxylic acids is 1. The summed E-state index contributed by atoms with van der Waals surface area (Å²) < 4.78 is 38.0. The van der Waals surface area contributed by atoms with Crippen molar-refractivity contribution in [2.75, 3.05) is 0 Å². The van der Waals surface area contributed by atoms with Crippen LogP contribution in [0, 0.1) is 11.8 Å². The molecule has 2 atom stereocenters. The molecule has 1 nitrogen and oxygen atoms in total. The topological polar surface area (TPSA) is 17.1 Å². The van der Waals surface area contributed by atoms with E-state index in [0.29, 0.717) is 12.0 Å². The molecular formula is C15H13F3O. The first-order valence-corrected chi connectivity index (χ1v) is 6.41.